The average Bonchev–Trinajstić information content (AvgIpc) is 2.64. The molecule has 15 heavy (non-hydrogen) atoms. The molecule has 1 fully saturated rings. The highest BCUT2D eigenvalue weighted by Gasteiger charge is 2.21. The maximum Gasteiger partial charge on any atom is 0.0992 e. The minimum atomic E-state index is 0.556. The number of nitriles is 1. The van der Waals surface area contributed by atoms with Gasteiger partial charge in [-0.1, -0.05) is 0 Å². The summed E-state index contributed by atoms with van der Waals surface area (Å²) in [6, 6.07) is 8.19. The summed E-state index contributed by atoms with van der Waals surface area (Å²) in [5.74, 6) is 0. The molecule has 1 unspecified atom stereocenters. The van der Waals surface area contributed by atoms with Crippen LogP contribution >= 0.6 is 0 Å². The minimum Gasteiger partial charge on any atom is -0.397 e. The van der Waals surface area contributed by atoms with Gasteiger partial charge in [-0.25, -0.2) is 0 Å². The van der Waals surface area contributed by atoms with Crippen LogP contribution < -0.4 is 10.6 Å². The Balaban J connectivity index is 2.33. The standard InChI is InChI=1S/C12H15N3/c1-9-3-2-6-15(9)12-5-4-10(8-13)7-11(12)14/h4-5,7,9H,2-3,6,14H2,1H3. The molecule has 0 radical (unpaired) electrons. The zero-order valence-electron chi connectivity index (χ0n) is 8.90. The molecule has 0 aromatic heterocycles. The van der Waals surface area contributed by atoms with Crippen LogP contribution in [0.2, 0.25) is 0 Å². The second-order valence-electron chi connectivity index (χ2n) is 4.07. The smallest absolute Gasteiger partial charge is 0.0992 e. The molecule has 0 aliphatic carbocycles. The first-order valence-electron chi connectivity index (χ1n) is 5.28. The predicted octanol–water partition coefficient (Wildman–Crippen LogP) is 2.13. The van der Waals surface area contributed by atoms with E-state index in [-0.39, 0.29) is 0 Å². The molecule has 1 aromatic rings. The van der Waals surface area contributed by atoms with Crippen LogP contribution in [-0.4, -0.2) is 12.6 Å². The van der Waals surface area contributed by atoms with E-state index in [0.29, 0.717) is 17.3 Å². The Hall–Kier alpha value is -1.69. The van der Waals surface area contributed by atoms with Gasteiger partial charge in [-0.2, -0.15) is 5.26 Å². The summed E-state index contributed by atoms with van der Waals surface area (Å²) in [5.41, 5.74) is 8.35. The molecule has 2 N–H and O–H groups in total. The zero-order chi connectivity index (χ0) is 10.8. The Morgan fingerprint density at radius 2 is 2.33 bits per heavy atom. The Morgan fingerprint density at radius 1 is 1.53 bits per heavy atom. The maximum atomic E-state index is 8.75. The van der Waals surface area contributed by atoms with Crippen LogP contribution in [0.25, 0.3) is 0 Å². The first-order valence-corrected chi connectivity index (χ1v) is 5.28. The summed E-state index contributed by atoms with van der Waals surface area (Å²) in [6.45, 7) is 3.28. The third-order valence-corrected chi connectivity index (χ3v) is 3.02. The third-order valence-electron chi connectivity index (χ3n) is 3.02. The van der Waals surface area contributed by atoms with Crippen LogP contribution in [0.15, 0.2) is 18.2 Å². The Bertz CT molecular complexity index is 406. The van der Waals surface area contributed by atoms with Crippen LogP contribution in [0.5, 0.6) is 0 Å². The number of benzene rings is 1. The fourth-order valence-electron chi connectivity index (χ4n) is 2.18. The van der Waals surface area contributed by atoms with Gasteiger partial charge in [-0.3, -0.25) is 0 Å². The van der Waals surface area contributed by atoms with Crippen molar-refractivity contribution in [1.82, 2.24) is 0 Å². The van der Waals surface area contributed by atoms with Crippen LogP contribution in [0, 0.1) is 11.3 Å². The van der Waals surface area contributed by atoms with Gasteiger partial charge >= 0.3 is 0 Å². The summed E-state index contributed by atoms with van der Waals surface area (Å²) >= 11 is 0. The molecular weight excluding hydrogens is 186 g/mol. The fourth-order valence-corrected chi connectivity index (χ4v) is 2.18. The lowest BCUT2D eigenvalue weighted by Gasteiger charge is -2.25. The van der Waals surface area contributed by atoms with Gasteiger partial charge in [-0.05, 0) is 38.0 Å². The molecule has 78 valence electrons. The molecule has 0 saturated carbocycles. The Kier molecular flexibility index (Phi) is 2.51. The number of rotatable bonds is 1. The first kappa shape index (κ1) is 9.85. The second kappa shape index (κ2) is 3.82. The van der Waals surface area contributed by atoms with Crippen molar-refractivity contribution in [2.75, 3.05) is 17.2 Å². The summed E-state index contributed by atoms with van der Waals surface area (Å²) in [4.78, 5) is 2.32. The molecule has 3 nitrogen and oxygen atoms in total. The van der Waals surface area contributed by atoms with E-state index in [1.165, 1.54) is 12.8 Å². The van der Waals surface area contributed by atoms with Gasteiger partial charge in [0.05, 0.1) is 23.0 Å². The van der Waals surface area contributed by atoms with Crippen LogP contribution in [0.4, 0.5) is 11.4 Å². The van der Waals surface area contributed by atoms with Crippen LogP contribution in [0.3, 0.4) is 0 Å². The van der Waals surface area contributed by atoms with E-state index < -0.39 is 0 Å². The van der Waals surface area contributed by atoms with E-state index in [1.54, 1.807) is 6.07 Å². The van der Waals surface area contributed by atoms with E-state index in [4.69, 9.17) is 11.0 Å². The van der Waals surface area contributed by atoms with Crippen molar-refractivity contribution in [3.05, 3.63) is 23.8 Å². The van der Waals surface area contributed by atoms with Gasteiger partial charge in [0.1, 0.15) is 0 Å². The lowest BCUT2D eigenvalue weighted by Crippen LogP contribution is -2.27. The molecule has 1 saturated heterocycles. The molecule has 1 atom stereocenters. The number of hydrogen-bond donors (Lipinski definition) is 1. The SMILES string of the molecule is CC1CCCN1c1ccc(C#N)cc1N. The van der Waals surface area contributed by atoms with E-state index in [0.717, 1.165) is 12.2 Å². The van der Waals surface area contributed by atoms with Gasteiger partial charge in [0.2, 0.25) is 0 Å². The molecule has 1 aliphatic rings. The first-order chi connectivity index (χ1) is 7.22. The quantitative estimate of drug-likeness (QED) is 0.708. The van der Waals surface area contributed by atoms with Crippen molar-refractivity contribution in [2.45, 2.75) is 25.8 Å². The van der Waals surface area contributed by atoms with Gasteiger partial charge in [0, 0.05) is 12.6 Å². The number of hydrogen-bond acceptors (Lipinski definition) is 3. The van der Waals surface area contributed by atoms with Crippen molar-refractivity contribution < 1.29 is 0 Å². The largest absolute Gasteiger partial charge is 0.397 e. The van der Waals surface area contributed by atoms with Gasteiger partial charge in [0.15, 0.2) is 0 Å². The van der Waals surface area contributed by atoms with Gasteiger partial charge < -0.3 is 10.6 Å². The molecule has 0 bridgehead atoms. The minimum absolute atomic E-state index is 0.556. The van der Waals surface area contributed by atoms with E-state index in [9.17, 15) is 0 Å². The summed E-state index contributed by atoms with van der Waals surface area (Å²) in [5, 5.41) is 8.75. The van der Waals surface area contributed by atoms with Crippen LogP contribution in [-0.2, 0) is 0 Å². The summed E-state index contributed by atoms with van der Waals surface area (Å²) < 4.78 is 0. The molecule has 0 spiro atoms. The Labute approximate surface area is 90.1 Å². The highest BCUT2D eigenvalue weighted by molar-refractivity contribution is 5.70. The molecule has 1 aliphatic heterocycles. The van der Waals surface area contributed by atoms with Gasteiger partial charge in [0.25, 0.3) is 0 Å². The zero-order valence-corrected chi connectivity index (χ0v) is 8.90. The van der Waals surface area contributed by atoms with Crippen LogP contribution in [0.1, 0.15) is 25.3 Å². The van der Waals surface area contributed by atoms with Crippen molar-refractivity contribution in [1.29, 1.82) is 5.26 Å². The Morgan fingerprint density at radius 3 is 2.87 bits per heavy atom. The number of nitrogens with zero attached hydrogens (tertiary/aromatic N) is 2. The fraction of sp³-hybridized carbons (Fsp3) is 0.417. The molecule has 0 amide bonds. The second-order valence-corrected chi connectivity index (χ2v) is 4.07. The summed E-state index contributed by atoms with van der Waals surface area (Å²) in [6.07, 6.45) is 2.44. The molecular formula is C12H15N3. The number of anilines is 2. The lowest BCUT2D eigenvalue weighted by atomic mass is 10.1. The van der Waals surface area contributed by atoms with Crippen molar-refractivity contribution in [3.63, 3.8) is 0 Å². The lowest BCUT2D eigenvalue weighted by molar-refractivity contribution is 0.736. The summed E-state index contributed by atoms with van der Waals surface area (Å²) in [7, 11) is 0. The molecule has 1 heterocycles. The molecule has 1 aromatic carbocycles. The van der Waals surface area contributed by atoms with E-state index in [2.05, 4.69) is 17.9 Å². The average molecular weight is 201 g/mol. The monoisotopic (exact) mass is 201 g/mol. The normalized spacial score (nSPS) is 20.3. The number of nitrogen functional groups attached to an aromatic ring is 1. The maximum absolute atomic E-state index is 8.75. The topological polar surface area (TPSA) is 53.0 Å². The highest BCUT2D eigenvalue weighted by atomic mass is 15.2. The molecule has 3 heteroatoms. The highest BCUT2D eigenvalue weighted by Crippen LogP contribution is 2.30. The number of nitrogens with two attached hydrogens (primary N) is 1. The molecule has 2 rings (SSSR count). The predicted molar refractivity (Wildman–Crippen MR) is 61.6 cm³/mol. The van der Waals surface area contributed by atoms with Gasteiger partial charge in [-0.15, -0.1) is 0 Å². The van der Waals surface area contributed by atoms with E-state index >= 15 is 0 Å². The van der Waals surface area contributed by atoms with Crippen molar-refractivity contribution >= 4 is 11.4 Å². The van der Waals surface area contributed by atoms with E-state index in [1.807, 2.05) is 12.1 Å². The third kappa shape index (κ3) is 1.75. The van der Waals surface area contributed by atoms with Crippen molar-refractivity contribution in [2.24, 2.45) is 0 Å². The van der Waals surface area contributed by atoms with Crippen molar-refractivity contribution in [3.8, 4) is 6.07 Å².